The van der Waals surface area contributed by atoms with Crippen molar-refractivity contribution in [3.8, 4) is 5.82 Å². The fourth-order valence-electron chi connectivity index (χ4n) is 3.69. The van der Waals surface area contributed by atoms with E-state index in [0.29, 0.717) is 6.54 Å². The highest BCUT2D eigenvalue weighted by atomic mass is 16.5. The number of ether oxygens (including phenoxy) is 1. The average Bonchev–Trinajstić information content (AvgIpc) is 3.14. The highest BCUT2D eigenvalue weighted by molar-refractivity contribution is 5.82. The van der Waals surface area contributed by atoms with E-state index in [1.807, 2.05) is 24.4 Å². The van der Waals surface area contributed by atoms with Crippen LogP contribution in [0.25, 0.3) is 5.82 Å². The molecular weight excluding hydrogens is 342 g/mol. The molecule has 1 amide bonds. The SMILES string of the molecule is CC(C)[C@@H](C(=O)NCc1ccc(-n2cccn2)nc1)N1C[C@@H](C)O[C@@H](C)C1. The molecule has 0 saturated carbocycles. The number of nitrogens with one attached hydrogen (secondary N) is 1. The normalized spacial score (nSPS) is 22.0. The van der Waals surface area contributed by atoms with E-state index in [1.165, 1.54) is 0 Å². The minimum Gasteiger partial charge on any atom is -0.373 e. The minimum absolute atomic E-state index is 0.0578. The summed E-state index contributed by atoms with van der Waals surface area (Å²) >= 11 is 0. The van der Waals surface area contributed by atoms with Crippen LogP contribution in [-0.4, -0.2) is 56.9 Å². The third-order valence-electron chi connectivity index (χ3n) is 4.76. The molecule has 2 aromatic heterocycles. The number of hydrogen-bond donors (Lipinski definition) is 1. The van der Waals surface area contributed by atoms with Crippen LogP contribution in [0.5, 0.6) is 0 Å². The number of nitrogens with zero attached hydrogens (tertiary/aromatic N) is 4. The molecule has 3 heterocycles. The van der Waals surface area contributed by atoms with E-state index in [9.17, 15) is 4.79 Å². The summed E-state index contributed by atoms with van der Waals surface area (Å²) in [4.78, 5) is 19.6. The van der Waals surface area contributed by atoms with Crippen LogP contribution in [-0.2, 0) is 16.1 Å². The molecule has 0 aliphatic carbocycles. The van der Waals surface area contributed by atoms with Crippen molar-refractivity contribution >= 4 is 5.91 Å². The van der Waals surface area contributed by atoms with Gasteiger partial charge in [-0.15, -0.1) is 0 Å². The smallest absolute Gasteiger partial charge is 0.237 e. The Bertz CT molecular complexity index is 719. The van der Waals surface area contributed by atoms with Gasteiger partial charge < -0.3 is 10.1 Å². The van der Waals surface area contributed by atoms with Crippen LogP contribution in [0.3, 0.4) is 0 Å². The lowest BCUT2D eigenvalue weighted by atomic mass is 9.99. The monoisotopic (exact) mass is 371 g/mol. The predicted molar refractivity (Wildman–Crippen MR) is 103 cm³/mol. The maximum absolute atomic E-state index is 12.9. The zero-order valence-corrected chi connectivity index (χ0v) is 16.5. The lowest BCUT2D eigenvalue weighted by Gasteiger charge is -2.41. The molecule has 0 bridgehead atoms. The topological polar surface area (TPSA) is 72.3 Å². The van der Waals surface area contributed by atoms with E-state index in [1.54, 1.807) is 17.1 Å². The van der Waals surface area contributed by atoms with Crippen molar-refractivity contribution in [3.63, 3.8) is 0 Å². The van der Waals surface area contributed by atoms with Gasteiger partial charge in [0, 0.05) is 38.2 Å². The van der Waals surface area contributed by atoms with Gasteiger partial charge in [0.05, 0.1) is 18.2 Å². The molecule has 146 valence electrons. The Morgan fingerprint density at radius 2 is 2.04 bits per heavy atom. The second kappa shape index (κ2) is 8.63. The van der Waals surface area contributed by atoms with Crippen LogP contribution >= 0.6 is 0 Å². The molecule has 3 atom stereocenters. The largest absolute Gasteiger partial charge is 0.373 e. The van der Waals surface area contributed by atoms with Crippen molar-refractivity contribution in [2.24, 2.45) is 5.92 Å². The molecule has 0 aromatic carbocycles. The highest BCUT2D eigenvalue weighted by Gasteiger charge is 2.33. The van der Waals surface area contributed by atoms with Crippen molar-refractivity contribution in [2.75, 3.05) is 13.1 Å². The van der Waals surface area contributed by atoms with E-state index < -0.39 is 0 Å². The Balaban J connectivity index is 1.61. The molecule has 3 rings (SSSR count). The molecule has 7 heteroatoms. The molecule has 2 aromatic rings. The second-order valence-electron chi connectivity index (χ2n) is 7.59. The standard InChI is InChI=1S/C20H29N5O2/c1-14(2)19(24-12-15(3)27-16(4)13-24)20(26)22-11-17-6-7-18(21-10-17)25-9-5-8-23-25/h5-10,14-16,19H,11-13H2,1-4H3,(H,22,26)/t15-,16+,19-/m0/s1. The van der Waals surface area contributed by atoms with Gasteiger partial charge in [-0.3, -0.25) is 9.69 Å². The Morgan fingerprint density at radius 3 is 2.59 bits per heavy atom. The van der Waals surface area contributed by atoms with Crippen molar-refractivity contribution in [1.82, 2.24) is 25.0 Å². The van der Waals surface area contributed by atoms with Gasteiger partial charge in [-0.2, -0.15) is 5.10 Å². The number of pyridine rings is 1. The first kappa shape index (κ1) is 19.5. The van der Waals surface area contributed by atoms with Crippen LogP contribution in [0, 0.1) is 5.92 Å². The van der Waals surface area contributed by atoms with E-state index >= 15 is 0 Å². The van der Waals surface area contributed by atoms with Gasteiger partial charge in [0.1, 0.15) is 0 Å². The molecule has 1 aliphatic rings. The van der Waals surface area contributed by atoms with Gasteiger partial charge >= 0.3 is 0 Å². The van der Waals surface area contributed by atoms with Gasteiger partial charge in [-0.1, -0.05) is 19.9 Å². The molecule has 1 N–H and O–H groups in total. The van der Waals surface area contributed by atoms with E-state index in [2.05, 4.69) is 48.0 Å². The fraction of sp³-hybridized carbons (Fsp3) is 0.550. The Hall–Kier alpha value is -2.25. The molecule has 0 unspecified atom stereocenters. The van der Waals surface area contributed by atoms with Crippen LogP contribution in [0.4, 0.5) is 0 Å². The summed E-state index contributed by atoms with van der Waals surface area (Å²) < 4.78 is 7.51. The third kappa shape index (κ3) is 4.93. The Labute approximate surface area is 160 Å². The molecule has 1 saturated heterocycles. The summed E-state index contributed by atoms with van der Waals surface area (Å²) in [5.41, 5.74) is 0.963. The Kier molecular flexibility index (Phi) is 6.23. The van der Waals surface area contributed by atoms with Crippen LogP contribution < -0.4 is 5.32 Å². The number of rotatable bonds is 6. The lowest BCUT2D eigenvalue weighted by Crippen LogP contribution is -2.56. The van der Waals surface area contributed by atoms with Gasteiger partial charge in [-0.05, 0) is 37.5 Å². The maximum atomic E-state index is 12.9. The fourth-order valence-corrected chi connectivity index (χ4v) is 3.69. The van der Waals surface area contributed by atoms with Crippen LogP contribution in [0.15, 0.2) is 36.8 Å². The van der Waals surface area contributed by atoms with E-state index in [-0.39, 0.29) is 30.1 Å². The number of amides is 1. The first-order chi connectivity index (χ1) is 12.9. The summed E-state index contributed by atoms with van der Waals surface area (Å²) in [6.07, 6.45) is 5.63. The molecular formula is C20H29N5O2. The van der Waals surface area contributed by atoms with Gasteiger partial charge in [0.25, 0.3) is 0 Å². The summed E-state index contributed by atoms with van der Waals surface area (Å²) in [5, 5.41) is 7.24. The number of carbonyl (C=O) groups is 1. The van der Waals surface area contributed by atoms with Crippen molar-refractivity contribution < 1.29 is 9.53 Å². The van der Waals surface area contributed by atoms with Gasteiger partial charge in [0.15, 0.2) is 5.82 Å². The number of morpholine rings is 1. The molecule has 1 aliphatic heterocycles. The summed E-state index contributed by atoms with van der Waals surface area (Å²) in [7, 11) is 0. The van der Waals surface area contributed by atoms with E-state index in [0.717, 1.165) is 24.5 Å². The third-order valence-corrected chi connectivity index (χ3v) is 4.76. The first-order valence-corrected chi connectivity index (χ1v) is 9.56. The van der Waals surface area contributed by atoms with Gasteiger partial charge in [-0.25, -0.2) is 9.67 Å². The number of carbonyl (C=O) groups excluding carboxylic acids is 1. The molecule has 1 fully saturated rings. The predicted octanol–water partition coefficient (Wildman–Crippen LogP) is 2.02. The van der Waals surface area contributed by atoms with Crippen LogP contribution in [0.1, 0.15) is 33.3 Å². The summed E-state index contributed by atoms with van der Waals surface area (Å²) in [6.45, 7) is 10.3. The zero-order valence-electron chi connectivity index (χ0n) is 16.5. The second-order valence-corrected chi connectivity index (χ2v) is 7.59. The van der Waals surface area contributed by atoms with Crippen LogP contribution in [0.2, 0.25) is 0 Å². The first-order valence-electron chi connectivity index (χ1n) is 9.56. The van der Waals surface area contributed by atoms with Crippen molar-refractivity contribution in [1.29, 1.82) is 0 Å². The molecule has 27 heavy (non-hydrogen) atoms. The molecule has 0 spiro atoms. The maximum Gasteiger partial charge on any atom is 0.237 e. The summed E-state index contributed by atoms with van der Waals surface area (Å²) in [6, 6.07) is 5.57. The zero-order chi connectivity index (χ0) is 19.4. The quantitative estimate of drug-likeness (QED) is 0.841. The number of hydrogen-bond acceptors (Lipinski definition) is 5. The molecule has 7 nitrogen and oxygen atoms in total. The van der Waals surface area contributed by atoms with Crippen molar-refractivity contribution in [2.45, 2.75) is 52.5 Å². The average molecular weight is 371 g/mol. The number of aromatic nitrogens is 3. The Morgan fingerprint density at radius 1 is 1.30 bits per heavy atom. The highest BCUT2D eigenvalue weighted by Crippen LogP contribution is 2.19. The summed E-state index contributed by atoms with van der Waals surface area (Å²) in [5.74, 6) is 1.04. The van der Waals surface area contributed by atoms with Crippen molar-refractivity contribution in [3.05, 3.63) is 42.4 Å². The minimum atomic E-state index is -0.157. The van der Waals surface area contributed by atoms with E-state index in [4.69, 9.17) is 4.74 Å². The molecule has 0 radical (unpaired) electrons. The van der Waals surface area contributed by atoms with Gasteiger partial charge in [0.2, 0.25) is 5.91 Å². The lowest BCUT2D eigenvalue weighted by molar-refractivity contribution is -0.135.